The molecule has 17 heavy (non-hydrogen) atoms. The lowest BCUT2D eigenvalue weighted by Crippen LogP contribution is -2.34. The lowest BCUT2D eigenvalue weighted by atomic mass is 9.80. The summed E-state index contributed by atoms with van der Waals surface area (Å²) in [4.78, 5) is 11.9. The number of hydrogen-bond acceptors (Lipinski definition) is 2. The van der Waals surface area contributed by atoms with Crippen LogP contribution in [0.2, 0.25) is 0 Å². The van der Waals surface area contributed by atoms with E-state index >= 15 is 0 Å². The molecule has 2 nitrogen and oxygen atoms in total. The largest absolute Gasteiger partial charge is 0.465 e. The average molecular weight is 303 g/mol. The van der Waals surface area contributed by atoms with Crippen LogP contribution in [0.3, 0.4) is 0 Å². The minimum atomic E-state index is -0.930. The molecule has 1 atom stereocenters. The van der Waals surface area contributed by atoms with Crippen LogP contribution in [0.4, 0.5) is 4.39 Å². The number of halogens is 2. The Balaban J connectivity index is 3.20. The smallest absolute Gasteiger partial charge is 0.316 e. The molecule has 1 aromatic rings. The van der Waals surface area contributed by atoms with Crippen LogP contribution in [0.15, 0.2) is 22.7 Å². The van der Waals surface area contributed by atoms with Crippen molar-refractivity contribution >= 4 is 21.9 Å². The Labute approximate surface area is 109 Å². The fourth-order valence-electron chi connectivity index (χ4n) is 1.67. The first-order valence-electron chi connectivity index (χ1n) is 5.58. The van der Waals surface area contributed by atoms with Gasteiger partial charge in [0.15, 0.2) is 0 Å². The quantitative estimate of drug-likeness (QED) is 0.790. The zero-order valence-electron chi connectivity index (χ0n) is 10.2. The van der Waals surface area contributed by atoms with Crippen LogP contribution in [0.5, 0.6) is 0 Å². The fraction of sp³-hybridized carbons (Fsp3) is 0.462. The van der Waals surface area contributed by atoms with Gasteiger partial charge in [0.25, 0.3) is 0 Å². The molecule has 0 aliphatic carbocycles. The van der Waals surface area contributed by atoms with Gasteiger partial charge in [0.1, 0.15) is 5.82 Å². The van der Waals surface area contributed by atoms with Gasteiger partial charge in [0.05, 0.1) is 12.0 Å². The van der Waals surface area contributed by atoms with Crippen molar-refractivity contribution in [1.29, 1.82) is 0 Å². The third-order valence-electron chi connectivity index (χ3n) is 2.96. The summed E-state index contributed by atoms with van der Waals surface area (Å²) in [6.45, 7) is 5.59. The SMILES string of the molecule is CCOC(=O)C(C)(CC)c1ccc(Br)cc1F. The predicted octanol–water partition coefficient (Wildman–Crippen LogP) is 3.82. The maximum atomic E-state index is 13.9. The van der Waals surface area contributed by atoms with E-state index in [0.717, 1.165) is 0 Å². The van der Waals surface area contributed by atoms with Crippen molar-refractivity contribution in [2.45, 2.75) is 32.6 Å². The van der Waals surface area contributed by atoms with Crippen molar-refractivity contribution in [2.24, 2.45) is 0 Å². The third kappa shape index (κ3) is 2.86. The van der Waals surface area contributed by atoms with E-state index in [0.29, 0.717) is 23.1 Å². The van der Waals surface area contributed by atoms with Gasteiger partial charge in [0.2, 0.25) is 0 Å². The molecule has 0 aliphatic heterocycles. The standard InChI is InChI=1S/C13H16BrFO2/c1-4-13(3,12(16)17-5-2)10-7-6-9(14)8-11(10)15/h6-8H,4-5H2,1-3H3. The summed E-state index contributed by atoms with van der Waals surface area (Å²) in [5, 5.41) is 0. The molecule has 0 radical (unpaired) electrons. The molecular formula is C13H16BrFO2. The number of carbonyl (C=O) groups excluding carboxylic acids is 1. The van der Waals surface area contributed by atoms with E-state index in [4.69, 9.17) is 4.74 Å². The van der Waals surface area contributed by atoms with Crippen molar-refractivity contribution in [3.05, 3.63) is 34.1 Å². The molecule has 94 valence electrons. The number of rotatable bonds is 4. The molecule has 0 aliphatic rings. The first kappa shape index (κ1) is 14.2. The highest BCUT2D eigenvalue weighted by Crippen LogP contribution is 2.32. The first-order chi connectivity index (χ1) is 7.95. The molecule has 0 aromatic heterocycles. The minimum absolute atomic E-state index is 0.298. The number of ether oxygens (including phenoxy) is 1. The van der Waals surface area contributed by atoms with Crippen LogP contribution < -0.4 is 0 Å². The Hall–Kier alpha value is -0.900. The Kier molecular flexibility index (Phi) is 4.69. The highest BCUT2D eigenvalue weighted by Gasteiger charge is 2.37. The van der Waals surface area contributed by atoms with Crippen LogP contribution in [-0.2, 0) is 14.9 Å². The lowest BCUT2D eigenvalue weighted by Gasteiger charge is -2.26. The topological polar surface area (TPSA) is 26.3 Å². The van der Waals surface area contributed by atoms with Crippen LogP contribution >= 0.6 is 15.9 Å². The van der Waals surface area contributed by atoms with E-state index in [1.807, 2.05) is 6.92 Å². The van der Waals surface area contributed by atoms with E-state index < -0.39 is 11.2 Å². The van der Waals surface area contributed by atoms with Gasteiger partial charge in [-0.2, -0.15) is 0 Å². The van der Waals surface area contributed by atoms with E-state index in [2.05, 4.69) is 15.9 Å². The normalized spacial score (nSPS) is 14.2. The summed E-state index contributed by atoms with van der Waals surface area (Å²) in [5.41, 5.74) is -0.553. The summed E-state index contributed by atoms with van der Waals surface area (Å²) >= 11 is 3.20. The van der Waals surface area contributed by atoms with E-state index in [-0.39, 0.29) is 5.97 Å². The number of hydrogen-bond donors (Lipinski definition) is 0. The van der Waals surface area contributed by atoms with Gasteiger partial charge in [0, 0.05) is 10.0 Å². The van der Waals surface area contributed by atoms with Crippen molar-refractivity contribution in [3.8, 4) is 0 Å². The van der Waals surface area contributed by atoms with Gasteiger partial charge in [-0.1, -0.05) is 28.9 Å². The molecule has 1 rings (SSSR count). The van der Waals surface area contributed by atoms with E-state index in [1.165, 1.54) is 6.07 Å². The Morgan fingerprint density at radius 1 is 1.47 bits per heavy atom. The van der Waals surface area contributed by atoms with Gasteiger partial charge < -0.3 is 4.74 Å². The Morgan fingerprint density at radius 3 is 2.59 bits per heavy atom. The zero-order chi connectivity index (χ0) is 13.1. The highest BCUT2D eigenvalue weighted by molar-refractivity contribution is 9.10. The summed E-state index contributed by atoms with van der Waals surface area (Å²) in [6.07, 6.45) is 0.490. The van der Waals surface area contributed by atoms with Gasteiger partial charge in [-0.15, -0.1) is 0 Å². The van der Waals surface area contributed by atoms with Crippen LogP contribution in [0.25, 0.3) is 0 Å². The second-order valence-electron chi connectivity index (χ2n) is 4.03. The lowest BCUT2D eigenvalue weighted by molar-refractivity contribution is -0.149. The predicted molar refractivity (Wildman–Crippen MR) is 68.4 cm³/mol. The molecule has 1 unspecified atom stereocenters. The monoisotopic (exact) mass is 302 g/mol. The first-order valence-corrected chi connectivity index (χ1v) is 6.37. The Bertz CT molecular complexity index is 420. The molecule has 0 bridgehead atoms. The number of esters is 1. The maximum absolute atomic E-state index is 13.9. The molecule has 4 heteroatoms. The molecule has 0 spiro atoms. The van der Waals surface area contributed by atoms with Crippen LogP contribution in [-0.4, -0.2) is 12.6 Å². The molecule has 0 fully saturated rings. The van der Waals surface area contributed by atoms with Gasteiger partial charge in [-0.05, 0) is 32.4 Å². The van der Waals surface area contributed by atoms with E-state index in [9.17, 15) is 9.18 Å². The molecule has 0 saturated carbocycles. The van der Waals surface area contributed by atoms with Crippen molar-refractivity contribution in [2.75, 3.05) is 6.61 Å². The second kappa shape index (κ2) is 5.63. The van der Waals surface area contributed by atoms with Crippen LogP contribution in [0.1, 0.15) is 32.8 Å². The van der Waals surface area contributed by atoms with Crippen molar-refractivity contribution < 1.29 is 13.9 Å². The van der Waals surface area contributed by atoms with Crippen molar-refractivity contribution in [1.82, 2.24) is 0 Å². The van der Waals surface area contributed by atoms with E-state index in [1.54, 1.807) is 26.0 Å². The average Bonchev–Trinajstić information content (AvgIpc) is 2.28. The zero-order valence-corrected chi connectivity index (χ0v) is 11.8. The van der Waals surface area contributed by atoms with Gasteiger partial charge >= 0.3 is 5.97 Å². The summed E-state index contributed by atoms with van der Waals surface area (Å²) < 4.78 is 19.6. The molecule has 0 amide bonds. The van der Waals surface area contributed by atoms with Gasteiger partial charge in [-0.3, -0.25) is 4.79 Å². The summed E-state index contributed by atoms with van der Waals surface area (Å²) in [7, 11) is 0. The maximum Gasteiger partial charge on any atom is 0.316 e. The Morgan fingerprint density at radius 2 is 2.12 bits per heavy atom. The summed E-state index contributed by atoms with van der Waals surface area (Å²) in [6, 6.07) is 4.72. The summed E-state index contributed by atoms with van der Waals surface area (Å²) in [5.74, 6) is -0.777. The van der Waals surface area contributed by atoms with Crippen LogP contribution in [0, 0.1) is 5.82 Å². The molecule has 0 heterocycles. The number of benzene rings is 1. The second-order valence-corrected chi connectivity index (χ2v) is 4.95. The number of carbonyl (C=O) groups is 1. The minimum Gasteiger partial charge on any atom is -0.465 e. The molecule has 0 N–H and O–H groups in total. The fourth-order valence-corrected chi connectivity index (χ4v) is 2.01. The highest BCUT2D eigenvalue weighted by atomic mass is 79.9. The third-order valence-corrected chi connectivity index (χ3v) is 3.45. The van der Waals surface area contributed by atoms with Gasteiger partial charge in [-0.25, -0.2) is 4.39 Å². The van der Waals surface area contributed by atoms with Crippen molar-refractivity contribution in [3.63, 3.8) is 0 Å². The molecule has 1 aromatic carbocycles. The molecular weight excluding hydrogens is 287 g/mol. The molecule has 0 saturated heterocycles.